The minimum Gasteiger partial charge on any atom is -0.324 e. The summed E-state index contributed by atoms with van der Waals surface area (Å²) in [7, 11) is 1.68. The predicted molar refractivity (Wildman–Crippen MR) is 95.8 cm³/mol. The average molecular weight is 358 g/mol. The van der Waals surface area contributed by atoms with E-state index in [9.17, 15) is 25.0 Å². The molecule has 26 heavy (non-hydrogen) atoms. The number of hydrogen-bond donors (Lipinski definition) is 1. The van der Waals surface area contributed by atoms with Gasteiger partial charge in [-0.25, -0.2) is 0 Å². The van der Waals surface area contributed by atoms with Gasteiger partial charge in [0, 0.05) is 36.0 Å². The Hall–Kier alpha value is -3.33. The van der Waals surface area contributed by atoms with Crippen molar-refractivity contribution < 1.29 is 14.6 Å². The Bertz CT molecular complexity index is 839. The molecule has 0 aromatic heterocycles. The summed E-state index contributed by atoms with van der Waals surface area (Å²) in [6, 6.07) is 11.4. The van der Waals surface area contributed by atoms with Gasteiger partial charge in [-0.05, 0) is 20.0 Å². The van der Waals surface area contributed by atoms with Crippen LogP contribution in [0.15, 0.2) is 48.5 Å². The number of hydrogen-bond acceptors (Lipinski definition) is 6. The highest BCUT2D eigenvalue weighted by Crippen LogP contribution is 2.21. The Morgan fingerprint density at radius 1 is 1.12 bits per heavy atom. The summed E-state index contributed by atoms with van der Waals surface area (Å²) in [5, 5.41) is 24.5. The smallest absolute Gasteiger partial charge is 0.273 e. The summed E-state index contributed by atoms with van der Waals surface area (Å²) in [5.41, 5.74) is 0.680. The van der Waals surface area contributed by atoms with E-state index in [0.717, 1.165) is 0 Å². The molecule has 2 rings (SSSR count). The van der Waals surface area contributed by atoms with E-state index >= 15 is 0 Å². The Labute approximate surface area is 149 Å². The van der Waals surface area contributed by atoms with Crippen molar-refractivity contribution in [2.45, 2.75) is 19.5 Å². The summed E-state index contributed by atoms with van der Waals surface area (Å²) in [6.45, 7) is 1.86. The van der Waals surface area contributed by atoms with E-state index in [1.54, 1.807) is 43.1 Å². The molecule has 0 aliphatic carbocycles. The molecular weight excluding hydrogens is 340 g/mol. The lowest BCUT2D eigenvalue weighted by Gasteiger charge is -2.23. The third kappa shape index (κ3) is 4.61. The van der Waals surface area contributed by atoms with Crippen LogP contribution >= 0.6 is 0 Å². The molecule has 1 N–H and O–H groups in total. The Morgan fingerprint density at radius 2 is 1.81 bits per heavy atom. The van der Waals surface area contributed by atoms with E-state index in [0.29, 0.717) is 11.3 Å². The SMILES string of the molecule is CC(C(=O)Nc1cccc([N+](=O)[O-])c1)N(C)Cc1ccccc1[N+](=O)[O-]. The molecule has 0 heterocycles. The van der Waals surface area contributed by atoms with Gasteiger partial charge in [0.05, 0.1) is 15.9 Å². The van der Waals surface area contributed by atoms with Gasteiger partial charge >= 0.3 is 0 Å². The number of amides is 1. The first-order valence-corrected chi connectivity index (χ1v) is 7.77. The van der Waals surface area contributed by atoms with Crippen LogP contribution in [-0.4, -0.2) is 33.7 Å². The Balaban J connectivity index is 2.07. The second kappa shape index (κ2) is 8.17. The number of rotatable bonds is 7. The van der Waals surface area contributed by atoms with Crippen LogP contribution < -0.4 is 5.32 Å². The van der Waals surface area contributed by atoms with Gasteiger partial charge in [-0.15, -0.1) is 0 Å². The zero-order chi connectivity index (χ0) is 19.3. The largest absolute Gasteiger partial charge is 0.324 e. The number of non-ortho nitro benzene ring substituents is 1. The lowest BCUT2D eigenvalue weighted by molar-refractivity contribution is -0.385. The molecule has 136 valence electrons. The molecule has 0 bridgehead atoms. The van der Waals surface area contributed by atoms with Crippen LogP contribution in [0.2, 0.25) is 0 Å². The summed E-state index contributed by atoms with van der Waals surface area (Å²) in [5.74, 6) is -0.369. The van der Waals surface area contributed by atoms with Crippen molar-refractivity contribution in [3.05, 3.63) is 74.3 Å². The van der Waals surface area contributed by atoms with E-state index in [2.05, 4.69) is 5.32 Å². The number of para-hydroxylation sites is 1. The average Bonchev–Trinajstić information content (AvgIpc) is 2.61. The van der Waals surface area contributed by atoms with Crippen molar-refractivity contribution in [2.24, 2.45) is 0 Å². The molecule has 0 aliphatic heterocycles. The first-order valence-electron chi connectivity index (χ1n) is 7.77. The van der Waals surface area contributed by atoms with Crippen LogP contribution in [0.25, 0.3) is 0 Å². The molecule has 0 spiro atoms. The van der Waals surface area contributed by atoms with Crippen LogP contribution in [-0.2, 0) is 11.3 Å². The van der Waals surface area contributed by atoms with Crippen molar-refractivity contribution in [2.75, 3.05) is 12.4 Å². The van der Waals surface area contributed by atoms with Crippen molar-refractivity contribution in [3.8, 4) is 0 Å². The monoisotopic (exact) mass is 358 g/mol. The number of benzene rings is 2. The van der Waals surface area contributed by atoms with Crippen LogP contribution in [0.3, 0.4) is 0 Å². The zero-order valence-corrected chi connectivity index (χ0v) is 14.3. The van der Waals surface area contributed by atoms with Gasteiger partial charge in [0.15, 0.2) is 0 Å². The normalized spacial score (nSPS) is 11.8. The molecule has 1 unspecified atom stereocenters. The van der Waals surface area contributed by atoms with Gasteiger partial charge in [0.2, 0.25) is 5.91 Å². The van der Waals surface area contributed by atoms with Gasteiger partial charge < -0.3 is 5.32 Å². The van der Waals surface area contributed by atoms with Crippen molar-refractivity contribution in [3.63, 3.8) is 0 Å². The highest BCUT2D eigenvalue weighted by atomic mass is 16.6. The van der Waals surface area contributed by atoms with E-state index in [4.69, 9.17) is 0 Å². The molecule has 1 atom stereocenters. The van der Waals surface area contributed by atoms with Crippen molar-refractivity contribution in [1.29, 1.82) is 0 Å². The molecule has 2 aromatic carbocycles. The van der Waals surface area contributed by atoms with E-state index < -0.39 is 15.9 Å². The van der Waals surface area contributed by atoms with Crippen LogP contribution in [0, 0.1) is 20.2 Å². The summed E-state index contributed by atoms with van der Waals surface area (Å²) < 4.78 is 0. The van der Waals surface area contributed by atoms with Gasteiger partial charge in [0.25, 0.3) is 11.4 Å². The fourth-order valence-electron chi connectivity index (χ4n) is 2.37. The molecule has 0 saturated carbocycles. The van der Waals surface area contributed by atoms with Crippen LogP contribution in [0.4, 0.5) is 17.1 Å². The van der Waals surface area contributed by atoms with Gasteiger partial charge in [0.1, 0.15) is 0 Å². The fraction of sp³-hybridized carbons (Fsp3) is 0.235. The first kappa shape index (κ1) is 19.0. The molecule has 0 fully saturated rings. The number of likely N-dealkylation sites (N-methyl/N-ethyl adjacent to an activating group) is 1. The van der Waals surface area contributed by atoms with Gasteiger partial charge in [-0.2, -0.15) is 0 Å². The van der Waals surface area contributed by atoms with Gasteiger partial charge in [-0.1, -0.05) is 24.3 Å². The number of anilines is 1. The lowest BCUT2D eigenvalue weighted by atomic mass is 10.1. The van der Waals surface area contributed by atoms with Crippen molar-refractivity contribution in [1.82, 2.24) is 4.90 Å². The maximum Gasteiger partial charge on any atom is 0.273 e. The second-order valence-corrected chi connectivity index (χ2v) is 5.77. The first-order chi connectivity index (χ1) is 12.3. The fourth-order valence-corrected chi connectivity index (χ4v) is 2.37. The number of carbonyl (C=O) groups is 1. The lowest BCUT2D eigenvalue weighted by Crippen LogP contribution is -2.39. The minimum atomic E-state index is -0.603. The number of nitrogens with one attached hydrogen (secondary N) is 1. The molecule has 2 aromatic rings. The van der Waals surface area contributed by atoms with Gasteiger partial charge in [-0.3, -0.25) is 29.9 Å². The highest BCUT2D eigenvalue weighted by molar-refractivity contribution is 5.94. The Morgan fingerprint density at radius 3 is 2.46 bits per heavy atom. The third-order valence-corrected chi connectivity index (χ3v) is 3.97. The quantitative estimate of drug-likeness (QED) is 0.600. The van der Waals surface area contributed by atoms with Crippen LogP contribution in [0.5, 0.6) is 0 Å². The number of nitro groups is 2. The molecule has 0 radical (unpaired) electrons. The standard InChI is InChI=1S/C17H18N4O5/c1-12(17(22)18-14-7-5-8-15(10-14)20(23)24)19(2)11-13-6-3-4-9-16(13)21(25)26/h3-10,12H,11H2,1-2H3,(H,18,22). The predicted octanol–water partition coefficient (Wildman–Crippen LogP) is 2.96. The third-order valence-electron chi connectivity index (χ3n) is 3.97. The summed E-state index contributed by atoms with van der Waals surface area (Å²) >= 11 is 0. The second-order valence-electron chi connectivity index (χ2n) is 5.77. The summed E-state index contributed by atoms with van der Waals surface area (Å²) in [6.07, 6.45) is 0. The summed E-state index contributed by atoms with van der Waals surface area (Å²) in [4.78, 5) is 34.9. The minimum absolute atomic E-state index is 0.00866. The maximum absolute atomic E-state index is 12.4. The number of carbonyl (C=O) groups excluding carboxylic acids is 1. The van der Waals surface area contributed by atoms with Crippen LogP contribution in [0.1, 0.15) is 12.5 Å². The Kier molecular flexibility index (Phi) is 5.97. The molecule has 0 aliphatic rings. The maximum atomic E-state index is 12.4. The zero-order valence-electron chi connectivity index (χ0n) is 14.3. The molecule has 0 saturated heterocycles. The van der Waals surface area contributed by atoms with E-state index in [-0.39, 0.29) is 23.8 Å². The molecular formula is C17H18N4O5. The molecule has 9 nitrogen and oxygen atoms in total. The molecule has 1 amide bonds. The van der Waals surface area contributed by atoms with Crippen molar-refractivity contribution >= 4 is 23.0 Å². The molecule has 9 heteroatoms. The number of nitro benzene ring substituents is 2. The van der Waals surface area contributed by atoms with E-state index in [1.165, 1.54) is 24.3 Å². The number of nitrogens with zero attached hydrogens (tertiary/aromatic N) is 3. The topological polar surface area (TPSA) is 119 Å². The highest BCUT2D eigenvalue weighted by Gasteiger charge is 2.22. The van der Waals surface area contributed by atoms with E-state index in [1.807, 2.05) is 0 Å².